The molecule has 0 saturated carbocycles. The van der Waals surface area contributed by atoms with Crippen LogP contribution < -0.4 is 10.5 Å². The van der Waals surface area contributed by atoms with Crippen LogP contribution >= 0.6 is 12.2 Å². The van der Waals surface area contributed by atoms with Crippen molar-refractivity contribution in [2.75, 3.05) is 19.7 Å². The van der Waals surface area contributed by atoms with E-state index < -0.39 is 0 Å². The zero-order valence-corrected chi connectivity index (χ0v) is 13.4. The number of ether oxygens (including phenoxy) is 1. The Hall–Kier alpha value is -1.62. The number of rotatable bonds is 4. The van der Waals surface area contributed by atoms with Crippen molar-refractivity contribution < 1.29 is 9.53 Å². The van der Waals surface area contributed by atoms with Crippen LogP contribution in [-0.4, -0.2) is 35.5 Å². The maximum absolute atomic E-state index is 12.3. The van der Waals surface area contributed by atoms with E-state index >= 15 is 0 Å². The van der Waals surface area contributed by atoms with Crippen LogP contribution in [0.25, 0.3) is 0 Å². The van der Waals surface area contributed by atoms with Gasteiger partial charge in [0.1, 0.15) is 10.7 Å². The van der Waals surface area contributed by atoms with Gasteiger partial charge in [-0.2, -0.15) is 0 Å². The van der Waals surface area contributed by atoms with Crippen LogP contribution in [0.2, 0.25) is 0 Å². The molecule has 1 aromatic carbocycles. The number of amides is 1. The molecule has 1 aliphatic rings. The second-order valence-corrected chi connectivity index (χ2v) is 6.67. The molecule has 4 nitrogen and oxygen atoms in total. The van der Waals surface area contributed by atoms with Crippen molar-refractivity contribution in [2.45, 2.75) is 26.7 Å². The van der Waals surface area contributed by atoms with E-state index in [1.54, 1.807) is 12.1 Å². The number of carbonyl (C=O) groups is 1. The SMILES string of the molecule is CC1(C)CCCN(C(=O)COc2ccccc2C(N)=S)C1. The minimum Gasteiger partial charge on any atom is -0.483 e. The lowest BCUT2D eigenvalue weighted by molar-refractivity contribution is -0.136. The summed E-state index contributed by atoms with van der Waals surface area (Å²) in [4.78, 5) is 14.4. The lowest BCUT2D eigenvalue weighted by Crippen LogP contribution is -2.45. The zero-order valence-electron chi connectivity index (χ0n) is 12.6. The number of nitrogens with two attached hydrogens (primary N) is 1. The predicted octanol–water partition coefficient (Wildman–Crippen LogP) is 2.35. The Bertz CT molecular complexity index is 543. The Balaban J connectivity index is 1.97. The van der Waals surface area contributed by atoms with Crippen LogP contribution in [0.3, 0.4) is 0 Å². The van der Waals surface area contributed by atoms with Crippen LogP contribution in [0.1, 0.15) is 32.3 Å². The Morgan fingerprint density at radius 3 is 2.81 bits per heavy atom. The smallest absolute Gasteiger partial charge is 0.260 e. The molecule has 21 heavy (non-hydrogen) atoms. The summed E-state index contributed by atoms with van der Waals surface area (Å²) in [5.74, 6) is 0.579. The summed E-state index contributed by atoms with van der Waals surface area (Å²) < 4.78 is 5.62. The first-order valence-corrected chi connectivity index (χ1v) is 7.59. The normalized spacial score (nSPS) is 17.3. The van der Waals surface area contributed by atoms with Gasteiger partial charge in [0.25, 0.3) is 5.91 Å². The Morgan fingerprint density at radius 1 is 1.43 bits per heavy atom. The Morgan fingerprint density at radius 2 is 2.14 bits per heavy atom. The first kappa shape index (κ1) is 15.8. The number of benzene rings is 1. The standard InChI is InChI=1S/C16H22N2O2S/c1-16(2)8-5-9-18(11-16)14(19)10-20-13-7-4-3-6-12(13)15(17)21/h3-4,6-7H,5,8-11H2,1-2H3,(H2,17,21). The molecule has 1 saturated heterocycles. The van der Waals surface area contributed by atoms with Gasteiger partial charge in [-0.25, -0.2) is 0 Å². The van der Waals surface area contributed by atoms with E-state index in [1.807, 2.05) is 17.0 Å². The lowest BCUT2D eigenvalue weighted by atomic mass is 9.84. The molecule has 0 unspecified atom stereocenters. The summed E-state index contributed by atoms with van der Waals surface area (Å²) in [6.07, 6.45) is 2.20. The summed E-state index contributed by atoms with van der Waals surface area (Å²) in [6, 6.07) is 7.26. The molecule has 1 heterocycles. The van der Waals surface area contributed by atoms with Gasteiger partial charge < -0.3 is 15.4 Å². The van der Waals surface area contributed by atoms with Crippen molar-refractivity contribution in [2.24, 2.45) is 11.1 Å². The highest BCUT2D eigenvalue weighted by molar-refractivity contribution is 7.80. The third-order valence-corrected chi connectivity index (χ3v) is 3.98. The molecule has 2 N–H and O–H groups in total. The second-order valence-electron chi connectivity index (χ2n) is 6.23. The first-order valence-electron chi connectivity index (χ1n) is 7.18. The van der Waals surface area contributed by atoms with E-state index in [4.69, 9.17) is 22.7 Å². The summed E-state index contributed by atoms with van der Waals surface area (Å²) in [6.45, 7) is 6.00. The fourth-order valence-electron chi connectivity index (χ4n) is 2.66. The van der Waals surface area contributed by atoms with Gasteiger partial charge in [0.2, 0.25) is 0 Å². The molecule has 0 radical (unpaired) electrons. The molecule has 1 amide bonds. The van der Waals surface area contributed by atoms with Gasteiger partial charge in [0.05, 0.1) is 5.56 Å². The van der Waals surface area contributed by atoms with Crippen LogP contribution in [0.15, 0.2) is 24.3 Å². The summed E-state index contributed by atoms with van der Waals surface area (Å²) in [7, 11) is 0. The minimum absolute atomic E-state index is 0.0144. The molecule has 5 heteroatoms. The van der Waals surface area contributed by atoms with Crippen molar-refractivity contribution in [1.82, 2.24) is 4.90 Å². The molecule has 1 aromatic rings. The maximum Gasteiger partial charge on any atom is 0.260 e. The van der Waals surface area contributed by atoms with Gasteiger partial charge in [0.15, 0.2) is 6.61 Å². The van der Waals surface area contributed by atoms with Gasteiger partial charge in [-0.15, -0.1) is 0 Å². The van der Waals surface area contributed by atoms with Crippen LogP contribution in [0.5, 0.6) is 5.75 Å². The molecule has 2 rings (SSSR count). The summed E-state index contributed by atoms with van der Waals surface area (Å²) in [5.41, 5.74) is 6.51. The summed E-state index contributed by atoms with van der Waals surface area (Å²) in [5, 5.41) is 0. The topological polar surface area (TPSA) is 55.6 Å². The molecule has 1 aliphatic heterocycles. The van der Waals surface area contributed by atoms with Gasteiger partial charge in [-0.1, -0.05) is 38.2 Å². The van der Waals surface area contributed by atoms with Gasteiger partial charge in [0, 0.05) is 13.1 Å². The third kappa shape index (κ3) is 4.17. The van der Waals surface area contributed by atoms with Crippen molar-refractivity contribution in [1.29, 1.82) is 0 Å². The molecule has 0 atom stereocenters. The van der Waals surface area contributed by atoms with Gasteiger partial charge in [-0.3, -0.25) is 4.79 Å². The van der Waals surface area contributed by atoms with Crippen molar-refractivity contribution in [3.63, 3.8) is 0 Å². The van der Waals surface area contributed by atoms with E-state index in [9.17, 15) is 4.79 Å². The molecule has 0 aliphatic carbocycles. The van der Waals surface area contributed by atoms with E-state index in [-0.39, 0.29) is 22.9 Å². The number of carbonyl (C=O) groups excluding carboxylic acids is 1. The lowest BCUT2D eigenvalue weighted by Gasteiger charge is -2.38. The largest absolute Gasteiger partial charge is 0.483 e. The van der Waals surface area contributed by atoms with Crippen LogP contribution in [0.4, 0.5) is 0 Å². The fourth-order valence-corrected chi connectivity index (χ4v) is 2.83. The van der Waals surface area contributed by atoms with E-state index in [2.05, 4.69) is 13.8 Å². The molecular formula is C16H22N2O2S. The zero-order chi connectivity index (χ0) is 15.5. The number of hydrogen-bond donors (Lipinski definition) is 1. The Labute approximate surface area is 131 Å². The molecule has 0 spiro atoms. The quantitative estimate of drug-likeness (QED) is 0.868. The van der Waals surface area contributed by atoms with Crippen molar-refractivity contribution >= 4 is 23.1 Å². The molecule has 1 fully saturated rings. The minimum atomic E-state index is 0.0144. The monoisotopic (exact) mass is 306 g/mol. The van der Waals surface area contributed by atoms with Crippen molar-refractivity contribution in [3.05, 3.63) is 29.8 Å². The maximum atomic E-state index is 12.3. The van der Waals surface area contributed by atoms with E-state index in [1.165, 1.54) is 0 Å². The van der Waals surface area contributed by atoms with E-state index in [0.717, 1.165) is 25.9 Å². The number of thiocarbonyl (C=S) groups is 1. The van der Waals surface area contributed by atoms with Crippen LogP contribution in [-0.2, 0) is 4.79 Å². The fraction of sp³-hybridized carbons (Fsp3) is 0.500. The number of piperidine rings is 1. The van der Waals surface area contributed by atoms with Crippen LogP contribution in [0, 0.1) is 5.41 Å². The van der Waals surface area contributed by atoms with E-state index in [0.29, 0.717) is 11.3 Å². The van der Waals surface area contributed by atoms with Gasteiger partial charge in [-0.05, 0) is 30.4 Å². The molecule has 0 bridgehead atoms. The average molecular weight is 306 g/mol. The predicted molar refractivity (Wildman–Crippen MR) is 87.4 cm³/mol. The number of nitrogens with zero attached hydrogens (tertiary/aromatic N) is 1. The molecular weight excluding hydrogens is 284 g/mol. The number of likely N-dealkylation sites (tertiary alicyclic amines) is 1. The summed E-state index contributed by atoms with van der Waals surface area (Å²) >= 11 is 4.99. The highest BCUT2D eigenvalue weighted by atomic mass is 32.1. The van der Waals surface area contributed by atoms with Gasteiger partial charge >= 0.3 is 0 Å². The third-order valence-electron chi connectivity index (χ3n) is 3.76. The second kappa shape index (κ2) is 6.43. The molecule has 114 valence electrons. The first-order chi connectivity index (χ1) is 9.89. The molecule has 0 aromatic heterocycles. The van der Waals surface area contributed by atoms with Crippen molar-refractivity contribution in [3.8, 4) is 5.75 Å². The number of para-hydroxylation sites is 1. The average Bonchev–Trinajstić information content (AvgIpc) is 2.43. The number of hydrogen-bond acceptors (Lipinski definition) is 3. The highest BCUT2D eigenvalue weighted by Crippen LogP contribution is 2.28. The Kier molecular flexibility index (Phi) is 4.83. The highest BCUT2D eigenvalue weighted by Gasteiger charge is 2.29.